The number of piperazine rings is 1. The van der Waals surface area contributed by atoms with Crippen molar-refractivity contribution in [3.05, 3.63) is 18.5 Å². The Hall–Kier alpha value is -1.29. The molecular formula is C14H22N4. The van der Waals surface area contributed by atoms with Gasteiger partial charge in [0.2, 0.25) is 0 Å². The molecule has 2 N–H and O–H groups in total. The van der Waals surface area contributed by atoms with Crippen molar-refractivity contribution < 1.29 is 0 Å². The third kappa shape index (κ3) is 2.75. The zero-order chi connectivity index (χ0) is 12.4. The average molecular weight is 246 g/mol. The van der Waals surface area contributed by atoms with Gasteiger partial charge in [0.05, 0.1) is 17.6 Å². The van der Waals surface area contributed by atoms with Gasteiger partial charge in [-0.2, -0.15) is 0 Å². The standard InChI is InChI=1S/C14H22N4/c15-13-11-16-5-3-14(13)18-9-7-17(8-10-18)6-4-12-1-2-12/h3,5,11-12H,1-2,4,6-10,15H2. The predicted octanol–water partition coefficient (Wildman–Crippen LogP) is 1.59. The van der Waals surface area contributed by atoms with Gasteiger partial charge in [-0.1, -0.05) is 12.8 Å². The summed E-state index contributed by atoms with van der Waals surface area (Å²) in [7, 11) is 0. The van der Waals surface area contributed by atoms with E-state index in [1.807, 2.05) is 12.3 Å². The molecule has 1 aliphatic heterocycles. The van der Waals surface area contributed by atoms with Crippen molar-refractivity contribution in [2.45, 2.75) is 19.3 Å². The summed E-state index contributed by atoms with van der Waals surface area (Å²) in [4.78, 5) is 9.02. The fourth-order valence-electron chi connectivity index (χ4n) is 2.67. The molecule has 18 heavy (non-hydrogen) atoms. The van der Waals surface area contributed by atoms with E-state index < -0.39 is 0 Å². The van der Waals surface area contributed by atoms with Crippen LogP contribution in [-0.4, -0.2) is 42.6 Å². The quantitative estimate of drug-likeness (QED) is 0.876. The molecule has 0 spiro atoms. The molecule has 0 aromatic carbocycles. The largest absolute Gasteiger partial charge is 0.396 e. The molecule has 98 valence electrons. The minimum atomic E-state index is 0.795. The Balaban J connectivity index is 1.51. The topological polar surface area (TPSA) is 45.4 Å². The summed E-state index contributed by atoms with van der Waals surface area (Å²) in [6.07, 6.45) is 7.90. The highest BCUT2D eigenvalue weighted by atomic mass is 15.3. The minimum absolute atomic E-state index is 0.795. The zero-order valence-corrected chi connectivity index (χ0v) is 10.9. The number of rotatable bonds is 4. The first-order chi connectivity index (χ1) is 8.83. The van der Waals surface area contributed by atoms with E-state index >= 15 is 0 Å². The first-order valence-corrected chi connectivity index (χ1v) is 7.00. The molecule has 2 aliphatic rings. The maximum absolute atomic E-state index is 5.97. The van der Waals surface area contributed by atoms with Gasteiger partial charge in [-0.15, -0.1) is 0 Å². The Bertz CT molecular complexity index is 395. The summed E-state index contributed by atoms with van der Waals surface area (Å²) >= 11 is 0. The van der Waals surface area contributed by atoms with E-state index in [4.69, 9.17) is 5.73 Å². The second-order valence-corrected chi connectivity index (χ2v) is 5.50. The number of nitrogen functional groups attached to an aromatic ring is 1. The van der Waals surface area contributed by atoms with Crippen LogP contribution in [0, 0.1) is 5.92 Å². The molecule has 2 heterocycles. The van der Waals surface area contributed by atoms with Crippen LogP contribution in [0.5, 0.6) is 0 Å². The number of nitrogens with two attached hydrogens (primary N) is 1. The van der Waals surface area contributed by atoms with Crippen LogP contribution in [0.4, 0.5) is 11.4 Å². The molecule has 3 rings (SSSR count). The van der Waals surface area contributed by atoms with Crippen LogP contribution in [-0.2, 0) is 0 Å². The summed E-state index contributed by atoms with van der Waals surface area (Å²) in [6.45, 7) is 5.77. The number of aromatic nitrogens is 1. The lowest BCUT2D eigenvalue weighted by molar-refractivity contribution is 0.250. The molecule has 1 aromatic rings. The smallest absolute Gasteiger partial charge is 0.0738 e. The van der Waals surface area contributed by atoms with Crippen molar-refractivity contribution in [3.63, 3.8) is 0 Å². The number of nitrogens with zero attached hydrogens (tertiary/aromatic N) is 3. The Morgan fingerprint density at radius 1 is 1.22 bits per heavy atom. The Morgan fingerprint density at radius 3 is 2.67 bits per heavy atom. The highest BCUT2D eigenvalue weighted by Gasteiger charge is 2.23. The normalized spacial score (nSPS) is 21.2. The molecule has 1 saturated heterocycles. The summed E-state index contributed by atoms with van der Waals surface area (Å²) in [5.41, 5.74) is 7.92. The SMILES string of the molecule is Nc1cnccc1N1CCN(CCC2CC2)CC1. The Labute approximate surface area is 109 Å². The monoisotopic (exact) mass is 246 g/mol. The number of anilines is 2. The summed E-state index contributed by atoms with van der Waals surface area (Å²) in [5.74, 6) is 1.04. The van der Waals surface area contributed by atoms with Gasteiger partial charge >= 0.3 is 0 Å². The lowest BCUT2D eigenvalue weighted by Gasteiger charge is -2.36. The molecule has 4 nitrogen and oxygen atoms in total. The van der Waals surface area contributed by atoms with E-state index in [1.165, 1.54) is 25.8 Å². The van der Waals surface area contributed by atoms with Crippen molar-refractivity contribution in [1.29, 1.82) is 0 Å². The van der Waals surface area contributed by atoms with Crippen LogP contribution < -0.4 is 10.6 Å². The Morgan fingerprint density at radius 2 is 2.00 bits per heavy atom. The van der Waals surface area contributed by atoms with E-state index in [0.29, 0.717) is 0 Å². The fourth-order valence-corrected chi connectivity index (χ4v) is 2.67. The predicted molar refractivity (Wildman–Crippen MR) is 74.6 cm³/mol. The van der Waals surface area contributed by atoms with Gasteiger partial charge in [-0.05, 0) is 24.9 Å². The zero-order valence-electron chi connectivity index (χ0n) is 10.9. The van der Waals surface area contributed by atoms with Gasteiger partial charge in [-0.25, -0.2) is 0 Å². The second-order valence-electron chi connectivity index (χ2n) is 5.50. The van der Waals surface area contributed by atoms with Gasteiger partial charge in [0.25, 0.3) is 0 Å². The molecular weight excluding hydrogens is 224 g/mol. The van der Waals surface area contributed by atoms with Crippen LogP contribution in [0.25, 0.3) is 0 Å². The molecule has 0 amide bonds. The molecule has 1 aromatic heterocycles. The molecule has 1 saturated carbocycles. The highest BCUT2D eigenvalue weighted by Crippen LogP contribution is 2.32. The molecule has 0 radical (unpaired) electrons. The van der Waals surface area contributed by atoms with Crippen LogP contribution >= 0.6 is 0 Å². The third-order valence-electron chi connectivity index (χ3n) is 4.09. The highest BCUT2D eigenvalue weighted by molar-refractivity contribution is 5.66. The van der Waals surface area contributed by atoms with E-state index in [-0.39, 0.29) is 0 Å². The van der Waals surface area contributed by atoms with Crippen molar-refractivity contribution in [2.24, 2.45) is 5.92 Å². The number of pyridine rings is 1. The number of hydrogen-bond donors (Lipinski definition) is 1. The Kier molecular flexibility index (Phi) is 3.37. The summed E-state index contributed by atoms with van der Waals surface area (Å²) < 4.78 is 0. The average Bonchev–Trinajstić information content (AvgIpc) is 3.22. The van der Waals surface area contributed by atoms with Crippen molar-refractivity contribution >= 4 is 11.4 Å². The maximum Gasteiger partial charge on any atom is 0.0738 e. The van der Waals surface area contributed by atoms with E-state index in [0.717, 1.165) is 43.5 Å². The van der Waals surface area contributed by atoms with Gasteiger partial charge in [0.15, 0.2) is 0 Å². The lowest BCUT2D eigenvalue weighted by atomic mass is 10.2. The molecule has 1 aliphatic carbocycles. The van der Waals surface area contributed by atoms with E-state index in [2.05, 4.69) is 14.8 Å². The molecule has 0 atom stereocenters. The maximum atomic E-state index is 5.97. The summed E-state index contributed by atoms with van der Waals surface area (Å²) in [6, 6.07) is 2.02. The van der Waals surface area contributed by atoms with E-state index in [1.54, 1.807) is 6.20 Å². The van der Waals surface area contributed by atoms with Crippen LogP contribution in [0.2, 0.25) is 0 Å². The van der Waals surface area contributed by atoms with Gasteiger partial charge in [-0.3, -0.25) is 9.88 Å². The van der Waals surface area contributed by atoms with Gasteiger partial charge < -0.3 is 10.6 Å². The van der Waals surface area contributed by atoms with Crippen LogP contribution in [0.15, 0.2) is 18.5 Å². The minimum Gasteiger partial charge on any atom is -0.396 e. The second kappa shape index (κ2) is 5.14. The third-order valence-corrected chi connectivity index (χ3v) is 4.09. The molecule has 4 heteroatoms. The van der Waals surface area contributed by atoms with Crippen molar-refractivity contribution in [2.75, 3.05) is 43.4 Å². The first-order valence-electron chi connectivity index (χ1n) is 7.00. The van der Waals surface area contributed by atoms with E-state index in [9.17, 15) is 0 Å². The van der Waals surface area contributed by atoms with Crippen molar-refractivity contribution in [1.82, 2.24) is 9.88 Å². The van der Waals surface area contributed by atoms with Gasteiger partial charge in [0, 0.05) is 32.4 Å². The fraction of sp³-hybridized carbons (Fsp3) is 0.643. The van der Waals surface area contributed by atoms with Gasteiger partial charge in [0.1, 0.15) is 0 Å². The molecule has 0 bridgehead atoms. The van der Waals surface area contributed by atoms with Crippen LogP contribution in [0.1, 0.15) is 19.3 Å². The first kappa shape index (κ1) is 11.8. The number of hydrogen-bond acceptors (Lipinski definition) is 4. The summed E-state index contributed by atoms with van der Waals surface area (Å²) in [5, 5.41) is 0. The lowest BCUT2D eigenvalue weighted by Crippen LogP contribution is -2.46. The van der Waals surface area contributed by atoms with Crippen molar-refractivity contribution in [3.8, 4) is 0 Å². The van der Waals surface area contributed by atoms with Crippen LogP contribution in [0.3, 0.4) is 0 Å². The molecule has 2 fully saturated rings. The molecule has 0 unspecified atom stereocenters.